The molecule has 1 aromatic carbocycles. The normalized spacial score (nSPS) is 16.6. The van der Waals surface area contributed by atoms with Gasteiger partial charge in [-0.2, -0.15) is 4.31 Å². The van der Waals surface area contributed by atoms with E-state index in [0.717, 1.165) is 19.3 Å². The predicted molar refractivity (Wildman–Crippen MR) is 86.1 cm³/mol. The minimum absolute atomic E-state index is 0.139. The molecule has 1 N–H and O–H groups in total. The molecule has 1 fully saturated rings. The van der Waals surface area contributed by atoms with Crippen molar-refractivity contribution in [3.63, 3.8) is 0 Å². The van der Waals surface area contributed by atoms with Gasteiger partial charge in [0.2, 0.25) is 15.9 Å². The van der Waals surface area contributed by atoms with Crippen molar-refractivity contribution in [1.29, 1.82) is 0 Å². The second-order valence-electron chi connectivity index (χ2n) is 4.98. The van der Waals surface area contributed by atoms with Crippen molar-refractivity contribution in [2.45, 2.75) is 30.6 Å². The van der Waals surface area contributed by atoms with Crippen LogP contribution in [0.15, 0.2) is 29.2 Å². The molecule has 1 amide bonds. The van der Waals surface area contributed by atoms with Gasteiger partial charge in [-0.1, -0.05) is 28.4 Å². The summed E-state index contributed by atoms with van der Waals surface area (Å²) in [5.41, 5.74) is 0.513. The van der Waals surface area contributed by atoms with Gasteiger partial charge in [-0.3, -0.25) is 4.79 Å². The summed E-state index contributed by atoms with van der Waals surface area (Å²) in [5.74, 6) is -0.139. The van der Waals surface area contributed by atoms with Crippen LogP contribution in [0.4, 0.5) is 5.69 Å². The average molecular weight is 375 g/mol. The van der Waals surface area contributed by atoms with E-state index in [4.69, 9.17) is 0 Å². The number of amides is 1. The summed E-state index contributed by atoms with van der Waals surface area (Å²) in [7, 11) is -3.46. The molecule has 0 radical (unpaired) electrons. The first-order valence-electron chi connectivity index (χ1n) is 7.00. The Morgan fingerprint density at radius 1 is 1.24 bits per heavy atom. The molecule has 1 aliphatic heterocycles. The fourth-order valence-electron chi connectivity index (χ4n) is 2.30. The van der Waals surface area contributed by atoms with E-state index < -0.39 is 10.0 Å². The molecule has 0 unspecified atom stereocenters. The van der Waals surface area contributed by atoms with Gasteiger partial charge in [0.05, 0.1) is 4.90 Å². The number of benzene rings is 1. The zero-order valence-electron chi connectivity index (χ0n) is 11.7. The SMILES string of the molecule is O=C(CCBr)Nc1cccc(S(=O)(=O)N2CCCCC2)c1. The van der Waals surface area contributed by atoms with Gasteiger partial charge in [0, 0.05) is 30.5 Å². The number of nitrogens with one attached hydrogen (secondary N) is 1. The Balaban J connectivity index is 2.17. The minimum Gasteiger partial charge on any atom is -0.326 e. The lowest BCUT2D eigenvalue weighted by molar-refractivity contribution is -0.115. The van der Waals surface area contributed by atoms with Crippen LogP contribution in [-0.4, -0.2) is 37.0 Å². The van der Waals surface area contributed by atoms with E-state index in [0.29, 0.717) is 30.5 Å². The Morgan fingerprint density at radius 3 is 2.62 bits per heavy atom. The summed E-state index contributed by atoms with van der Waals surface area (Å²) >= 11 is 3.20. The van der Waals surface area contributed by atoms with Crippen LogP contribution in [0.2, 0.25) is 0 Å². The quantitative estimate of drug-likeness (QED) is 0.805. The molecule has 1 aromatic rings. The van der Waals surface area contributed by atoms with E-state index >= 15 is 0 Å². The molecular weight excluding hydrogens is 356 g/mol. The standard InChI is InChI=1S/C14H19BrN2O3S/c15-8-7-14(18)16-12-5-4-6-13(11-12)21(19,20)17-9-2-1-3-10-17/h4-6,11H,1-3,7-10H2,(H,16,18). The maximum Gasteiger partial charge on any atom is 0.243 e. The van der Waals surface area contributed by atoms with E-state index in [1.165, 1.54) is 10.4 Å². The van der Waals surface area contributed by atoms with Gasteiger partial charge in [-0.15, -0.1) is 0 Å². The van der Waals surface area contributed by atoms with E-state index in [-0.39, 0.29) is 10.8 Å². The molecule has 7 heteroatoms. The van der Waals surface area contributed by atoms with Crippen LogP contribution in [0.5, 0.6) is 0 Å². The first-order valence-corrected chi connectivity index (χ1v) is 9.56. The third kappa shape index (κ3) is 4.28. The molecule has 0 bridgehead atoms. The Bertz CT molecular complexity index is 598. The smallest absolute Gasteiger partial charge is 0.243 e. The van der Waals surface area contributed by atoms with Crippen LogP contribution in [0, 0.1) is 0 Å². The molecule has 5 nitrogen and oxygen atoms in total. The van der Waals surface area contributed by atoms with Crippen LogP contribution in [0.25, 0.3) is 0 Å². The minimum atomic E-state index is -3.46. The van der Waals surface area contributed by atoms with Gasteiger partial charge in [-0.25, -0.2) is 8.42 Å². The third-order valence-corrected chi connectivity index (χ3v) is 5.68. The number of rotatable bonds is 5. The van der Waals surface area contributed by atoms with Gasteiger partial charge in [0.15, 0.2) is 0 Å². The number of carbonyl (C=O) groups excluding carboxylic acids is 1. The fourth-order valence-corrected chi connectivity index (χ4v) is 4.22. The Morgan fingerprint density at radius 2 is 1.95 bits per heavy atom. The molecule has 0 atom stereocenters. The summed E-state index contributed by atoms with van der Waals surface area (Å²) < 4.78 is 26.6. The summed E-state index contributed by atoms with van der Waals surface area (Å²) in [5, 5.41) is 3.28. The molecule has 1 aliphatic rings. The van der Waals surface area contributed by atoms with Crippen LogP contribution in [-0.2, 0) is 14.8 Å². The van der Waals surface area contributed by atoms with Crippen LogP contribution < -0.4 is 5.32 Å². The zero-order chi connectivity index (χ0) is 15.3. The Labute approximate surface area is 133 Å². The van der Waals surface area contributed by atoms with Gasteiger partial charge >= 0.3 is 0 Å². The monoisotopic (exact) mass is 374 g/mol. The molecule has 0 aliphatic carbocycles. The molecule has 2 rings (SSSR count). The average Bonchev–Trinajstić information content (AvgIpc) is 2.48. The highest BCUT2D eigenvalue weighted by Gasteiger charge is 2.26. The molecule has 21 heavy (non-hydrogen) atoms. The summed E-state index contributed by atoms with van der Waals surface area (Å²) in [6.07, 6.45) is 3.24. The third-order valence-electron chi connectivity index (χ3n) is 3.39. The van der Waals surface area contributed by atoms with Crippen molar-refractivity contribution in [3.05, 3.63) is 24.3 Å². The molecule has 1 saturated heterocycles. The Hall–Kier alpha value is -0.920. The van der Waals surface area contributed by atoms with Crippen molar-refractivity contribution in [3.8, 4) is 0 Å². The van der Waals surface area contributed by atoms with Gasteiger partial charge in [-0.05, 0) is 31.0 Å². The lowest BCUT2D eigenvalue weighted by Crippen LogP contribution is -2.35. The van der Waals surface area contributed by atoms with E-state index in [1.807, 2.05) is 0 Å². The number of carbonyl (C=O) groups is 1. The molecule has 0 aromatic heterocycles. The number of hydrogen-bond acceptors (Lipinski definition) is 3. The lowest BCUT2D eigenvalue weighted by Gasteiger charge is -2.26. The second-order valence-corrected chi connectivity index (χ2v) is 7.71. The topological polar surface area (TPSA) is 66.5 Å². The molecule has 116 valence electrons. The van der Waals surface area contributed by atoms with Crippen molar-refractivity contribution in [1.82, 2.24) is 4.31 Å². The fraction of sp³-hybridized carbons (Fsp3) is 0.500. The first-order chi connectivity index (χ1) is 10.0. The van der Waals surface area contributed by atoms with Crippen LogP contribution in [0.3, 0.4) is 0 Å². The molecule has 0 saturated carbocycles. The van der Waals surface area contributed by atoms with Gasteiger partial charge < -0.3 is 5.32 Å². The van der Waals surface area contributed by atoms with Crippen LogP contribution in [0.1, 0.15) is 25.7 Å². The first kappa shape index (κ1) is 16.5. The highest BCUT2D eigenvalue weighted by molar-refractivity contribution is 9.09. The maximum absolute atomic E-state index is 12.6. The molecular formula is C14H19BrN2O3S. The summed E-state index contributed by atoms with van der Waals surface area (Å²) in [4.78, 5) is 11.8. The largest absolute Gasteiger partial charge is 0.326 e. The Kier molecular flexibility index (Phi) is 5.78. The maximum atomic E-state index is 12.6. The number of nitrogens with zero attached hydrogens (tertiary/aromatic N) is 1. The van der Waals surface area contributed by atoms with Gasteiger partial charge in [0.25, 0.3) is 0 Å². The number of piperidine rings is 1. The van der Waals surface area contributed by atoms with Crippen molar-refractivity contribution >= 4 is 37.5 Å². The number of anilines is 1. The number of halogens is 1. The van der Waals surface area contributed by atoms with Crippen molar-refractivity contribution in [2.24, 2.45) is 0 Å². The van der Waals surface area contributed by atoms with E-state index in [2.05, 4.69) is 21.2 Å². The number of alkyl halides is 1. The van der Waals surface area contributed by atoms with E-state index in [9.17, 15) is 13.2 Å². The molecule has 1 heterocycles. The van der Waals surface area contributed by atoms with Crippen LogP contribution >= 0.6 is 15.9 Å². The number of hydrogen-bond donors (Lipinski definition) is 1. The predicted octanol–water partition coefficient (Wildman–Crippen LogP) is 2.58. The van der Waals surface area contributed by atoms with Crippen molar-refractivity contribution < 1.29 is 13.2 Å². The highest BCUT2D eigenvalue weighted by Crippen LogP contribution is 2.22. The van der Waals surface area contributed by atoms with Gasteiger partial charge in [0.1, 0.15) is 0 Å². The lowest BCUT2D eigenvalue weighted by atomic mass is 10.2. The summed E-state index contributed by atoms with van der Waals surface area (Å²) in [6.45, 7) is 1.14. The van der Waals surface area contributed by atoms with Crippen molar-refractivity contribution in [2.75, 3.05) is 23.7 Å². The highest BCUT2D eigenvalue weighted by atomic mass is 79.9. The van der Waals surface area contributed by atoms with E-state index in [1.54, 1.807) is 18.2 Å². The molecule has 0 spiro atoms. The second kappa shape index (κ2) is 7.38. The zero-order valence-corrected chi connectivity index (χ0v) is 14.1. The summed E-state index contributed by atoms with van der Waals surface area (Å²) in [6, 6.07) is 6.45. The number of sulfonamides is 1.